The Morgan fingerprint density at radius 3 is 2.71 bits per heavy atom. The van der Waals surface area contributed by atoms with Gasteiger partial charge in [-0.25, -0.2) is 9.37 Å². The first-order valence-corrected chi connectivity index (χ1v) is 8.74. The van der Waals surface area contributed by atoms with Crippen LogP contribution < -0.4 is 4.74 Å². The molecule has 2 aromatic rings. The number of halogens is 2. The molecule has 21 heavy (non-hydrogen) atoms. The lowest BCUT2D eigenvalue weighted by atomic mass is 10.2. The largest absolute Gasteiger partial charge is 0.494 e. The van der Waals surface area contributed by atoms with E-state index in [2.05, 4.69) is 22.7 Å². The molecule has 1 aromatic heterocycles. The summed E-state index contributed by atoms with van der Waals surface area (Å²) in [5, 5.41) is -0.234. The molecule has 1 heterocycles. The van der Waals surface area contributed by atoms with E-state index in [-0.39, 0.29) is 17.2 Å². The summed E-state index contributed by atoms with van der Waals surface area (Å²) in [6.07, 6.45) is 3.04. The van der Waals surface area contributed by atoms with E-state index in [1.54, 1.807) is 17.8 Å². The van der Waals surface area contributed by atoms with Gasteiger partial charge in [0.05, 0.1) is 23.5 Å². The minimum absolute atomic E-state index is 0.233. The Morgan fingerprint density at radius 2 is 2.19 bits per heavy atom. The highest BCUT2D eigenvalue weighted by Crippen LogP contribution is 2.33. The van der Waals surface area contributed by atoms with Crippen molar-refractivity contribution in [3.8, 4) is 5.75 Å². The van der Waals surface area contributed by atoms with E-state index in [1.165, 1.54) is 13.2 Å². The predicted molar refractivity (Wildman–Crippen MR) is 88.2 cm³/mol. The van der Waals surface area contributed by atoms with E-state index in [0.29, 0.717) is 5.52 Å². The van der Waals surface area contributed by atoms with Crippen LogP contribution in [0.3, 0.4) is 0 Å². The number of hydrogen-bond acceptors (Lipinski definition) is 3. The zero-order valence-corrected chi connectivity index (χ0v) is 14.3. The highest BCUT2D eigenvalue weighted by atomic mass is 35.5. The number of aromatic nitrogens is 2. The summed E-state index contributed by atoms with van der Waals surface area (Å²) in [6, 6.07) is 3.40. The van der Waals surface area contributed by atoms with Crippen molar-refractivity contribution in [2.45, 2.75) is 31.7 Å². The molecular weight excluding hydrogens is 311 g/mol. The molecule has 0 N–H and O–H groups in total. The van der Waals surface area contributed by atoms with E-state index in [0.717, 1.165) is 23.5 Å². The van der Waals surface area contributed by atoms with Crippen molar-refractivity contribution in [2.75, 3.05) is 19.1 Å². The van der Waals surface area contributed by atoms with Crippen molar-refractivity contribution in [3.05, 3.63) is 23.8 Å². The molecule has 0 aliphatic heterocycles. The Morgan fingerprint density at radius 1 is 1.48 bits per heavy atom. The number of benzene rings is 1. The molecule has 0 aliphatic carbocycles. The van der Waals surface area contributed by atoms with Crippen LogP contribution in [-0.4, -0.2) is 28.7 Å². The SMILES string of the molecule is CCC(CSC)n1c(C(C)Cl)nc2cc(F)c(OC)cc21. The van der Waals surface area contributed by atoms with Crippen LogP contribution in [0.15, 0.2) is 12.1 Å². The molecular formula is C15H20ClFN2OS. The van der Waals surface area contributed by atoms with Gasteiger partial charge in [0.2, 0.25) is 0 Å². The van der Waals surface area contributed by atoms with Gasteiger partial charge < -0.3 is 9.30 Å². The van der Waals surface area contributed by atoms with Crippen molar-refractivity contribution in [1.82, 2.24) is 9.55 Å². The Hall–Kier alpha value is -0.940. The molecule has 3 nitrogen and oxygen atoms in total. The van der Waals surface area contributed by atoms with Crippen LogP contribution in [0.25, 0.3) is 11.0 Å². The maximum atomic E-state index is 13.9. The van der Waals surface area contributed by atoms with Crippen LogP contribution in [0, 0.1) is 5.82 Å². The second-order valence-electron chi connectivity index (χ2n) is 4.95. The number of nitrogens with zero attached hydrogens (tertiary/aromatic N) is 2. The van der Waals surface area contributed by atoms with Gasteiger partial charge in [0, 0.05) is 23.9 Å². The molecule has 1 aromatic carbocycles. The first-order valence-electron chi connectivity index (χ1n) is 6.91. The third-order valence-corrected chi connectivity index (χ3v) is 4.45. The fourth-order valence-corrected chi connectivity index (χ4v) is 3.43. The second-order valence-corrected chi connectivity index (χ2v) is 6.51. The fraction of sp³-hybridized carbons (Fsp3) is 0.533. The molecule has 0 saturated carbocycles. The normalized spacial score (nSPS) is 14.4. The van der Waals surface area contributed by atoms with Crippen LogP contribution in [0.5, 0.6) is 5.75 Å². The van der Waals surface area contributed by atoms with Gasteiger partial charge in [-0.1, -0.05) is 6.92 Å². The van der Waals surface area contributed by atoms with E-state index in [9.17, 15) is 4.39 Å². The van der Waals surface area contributed by atoms with Crippen molar-refractivity contribution in [2.24, 2.45) is 0 Å². The van der Waals surface area contributed by atoms with Crippen LogP contribution in [0.1, 0.15) is 37.5 Å². The van der Waals surface area contributed by atoms with Crippen LogP contribution in [-0.2, 0) is 0 Å². The minimum Gasteiger partial charge on any atom is -0.494 e. The molecule has 0 bridgehead atoms. The standard InChI is InChI=1S/C15H20ClFN2OS/c1-5-10(8-21-4)19-13-7-14(20-3)11(17)6-12(13)18-15(19)9(2)16/h6-7,9-10H,5,8H2,1-4H3. The zero-order valence-electron chi connectivity index (χ0n) is 12.7. The number of rotatable bonds is 6. The Labute approximate surface area is 133 Å². The fourth-order valence-electron chi connectivity index (χ4n) is 2.50. The van der Waals surface area contributed by atoms with Crippen LogP contribution in [0.2, 0.25) is 0 Å². The number of imidazole rings is 1. The topological polar surface area (TPSA) is 27.1 Å². The van der Waals surface area contributed by atoms with Crippen molar-refractivity contribution >= 4 is 34.4 Å². The highest BCUT2D eigenvalue weighted by Gasteiger charge is 2.22. The highest BCUT2D eigenvalue weighted by molar-refractivity contribution is 7.98. The zero-order chi connectivity index (χ0) is 15.6. The van der Waals surface area contributed by atoms with Gasteiger partial charge in [0.25, 0.3) is 0 Å². The number of thioether (sulfide) groups is 1. The number of alkyl halides is 1. The van der Waals surface area contributed by atoms with E-state index in [1.807, 2.05) is 6.92 Å². The minimum atomic E-state index is -0.402. The molecule has 0 radical (unpaired) electrons. The smallest absolute Gasteiger partial charge is 0.167 e. The lowest BCUT2D eigenvalue weighted by molar-refractivity contribution is 0.387. The summed E-state index contributed by atoms with van der Waals surface area (Å²) in [4.78, 5) is 4.53. The van der Waals surface area contributed by atoms with Gasteiger partial charge in [-0.2, -0.15) is 11.8 Å². The summed E-state index contributed by atoms with van der Waals surface area (Å²) < 4.78 is 21.1. The average molecular weight is 331 g/mol. The molecule has 116 valence electrons. The maximum Gasteiger partial charge on any atom is 0.167 e. The van der Waals surface area contributed by atoms with Gasteiger partial charge in [-0.3, -0.25) is 0 Å². The summed E-state index contributed by atoms with van der Waals surface area (Å²) >= 11 is 8.06. The quantitative estimate of drug-likeness (QED) is 0.712. The van der Waals surface area contributed by atoms with Crippen molar-refractivity contribution in [1.29, 1.82) is 0 Å². The number of methoxy groups -OCH3 is 1. The third kappa shape index (κ3) is 3.14. The number of fused-ring (bicyclic) bond motifs is 1. The summed E-state index contributed by atoms with van der Waals surface area (Å²) in [6.45, 7) is 4.02. The first-order chi connectivity index (χ1) is 10.0. The molecule has 6 heteroatoms. The lowest BCUT2D eigenvalue weighted by Gasteiger charge is -2.20. The van der Waals surface area contributed by atoms with E-state index in [4.69, 9.17) is 16.3 Å². The molecule has 0 saturated heterocycles. The molecule has 0 fully saturated rings. The number of ether oxygens (including phenoxy) is 1. The van der Waals surface area contributed by atoms with Gasteiger partial charge in [0.1, 0.15) is 5.82 Å². The van der Waals surface area contributed by atoms with Crippen molar-refractivity contribution in [3.63, 3.8) is 0 Å². The maximum absolute atomic E-state index is 13.9. The van der Waals surface area contributed by atoms with Crippen molar-refractivity contribution < 1.29 is 9.13 Å². The molecule has 0 spiro atoms. The summed E-state index contributed by atoms with van der Waals surface area (Å²) in [5.74, 6) is 1.57. The van der Waals surface area contributed by atoms with Gasteiger partial charge in [-0.15, -0.1) is 11.6 Å². The molecule has 2 rings (SSSR count). The number of hydrogen-bond donors (Lipinski definition) is 0. The monoisotopic (exact) mass is 330 g/mol. The molecule has 2 atom stereocenters. The van der Waals surface area contributed by atoms with Crippen LogP contribution >= 0.6 is 23.4 Å². The Kier molecular flexibility index (Phi) is 5.38. The van der Waals surface area contributed by atoms with E-state index < -0.39 is 5.82 Å². The molecule has 0 aliphatic rings. The van der Waals surface area contributed by atoms with E-state index >= 15 is 0 Å². The summed E-state index contributed by atoms with van der Waals surface area (Å²) in [7, 11) is 1.47. The average Bonchev–Trinajstić information content (AvgIpc) is 2.82. The third-order valence-electron chi connectivity index (χ3n) is 3.54. The lowest BCUT2D eigenvalue weighted by Crippen LogP contribution is -2.14. The Bertz CT molecular complexity index is 630. The predicted octanol–water partition coefficient (Wildman–Crippen LogP) is 4.80. The molecule has 2 unspecified atom stereocenters. The van der Waals surface area contributed by atoms with Crippen LogP contribution in [0.4, 0.5) is 4.39 Å². The first kappa shape index (κ1) is 16.4. The Balaban J connectivity index is 2.71. The van der Waals surface area contributed by atoms with Gasteiger partial charge in [-0.05, 0) is 19.6 Å². The summed E-state index contributed by atoms with van der Waals surface area (Å²) in [5.41, 5.74) is 1.49. The second kappa shape index (κ2) is 6.88. The van der Waals surface area contributed by atoms with Gasteiger partial charge >= 0.3 is 0 Å². The van der Waals surface area contributed by atoms with Gasteiger partial charge in [0.15, 0.2) is 11.6 Å². The molecule has 0 amide bonds.